The first-order chi connectivity index (χ1) is 7.88. The quantitative estimate of drug-likeness (QED) is 0.712. The third-order valence-electron chi connectivity index (χ3n) is 2.81. The smallest absolute Gasteiger partial charge is 0.180 e. The molecule has 0 fully saturated rings. The van der Waals surface area contributed by atoms with Gasteiger partial charge in [0.25, 0.3) is 0 Å². The van der Waals surface area contributed by atoms with Gasteiger partial charge in [0, 0.05) is 5.60 Å². The molecule has 17 heavy (non-hydrogen) atoms. The van der Waals surface area contributed by atoms with E-state index < -0.39 is 9.04 Å². The lowest BCUT2D eigenvalue weighted by atomic mass is 10.2. The highest BCUT2D eigenvalue weighted by Crippen LogP contribution is 2.21. The Bertz CT molecular complexity index is 313. The van der Waals surface area contributed by atoms with Crippen molar-refractivity contribution in [2.24, 2.45) is 0 Å². The maximum atomic E-state index is 6.26. The molecule has 96 valence electrons. The predicted octanol–water partition coefficient (Wildman–Crippen LogP) is 4.18. The van der Waals surface area contributed by atoms with Gasteiger partial charge in [-0.1, -0.05) is 44.2 Å². The maximum Gasteiger partial charge on any atom is 0.180 e. The van der Waals surface area contributed by atoms with Gasteiger partial charge in [0.2, 0.25) is 0 Å². The molecule has 0 bridgehead atoms. The van der Waals surface area contributed by atoms with Crippen LogP contribution in [0.3, 0.4) is 0 Å². The van der Waals surface area contributed by atoms with Gasteiger partial charge in [-0.25, -0.2) is 0 Å². The summed E-state index contributed by atoms with van der Waals surface area (Å²) in [5.41, 5.74) is 2.15. The zero-order valence-electron chi connectivity index (χ0n) is 11.9. The number of aryl methyl sites for hydroxylation is 1. The van der Waals surface area contributed by atoms with E-state index in [2.05, 4.69) is 65.0 Å². The second-order valence-electron chi connectivity index (χ2n) is 6.04. The van der Waals surface area contributed by atoms with Crippen molar-refractivity contribution >= 4 is 9.04 Å². The van der Waals surface area contributed by atoms with E-state index in [9.17, 15) is 0 Å². The minimum absolute atomic E-state index is 0.0118. The normalized spacial score (nSPS) is 14.0. The van der Waals surface area contributed by atoms with Crippen LogP contribution in [0.4, 0.5) is 0 Å². The SMILES string of the molecule is CC(C)[SiH](CCc1ccccc1)OC(C)(C)C. The molecule has 0 spiro atoms. The van der Waals surface area contributed by atoms with Gasteiger partial charge in [-0.2, -0.15) is 0 Å². The van der Waals surface area contributed by atoms with Crippen LogP contribution in [0.5, 0.6) is 0 Å². The molecule has 1 unspecified atom stereocenters. The minimum atomic E-state index is -1.10. The Morgan fingerprint density at radius 1 is 1.12 bits per heavy atom. The number of benzene rings is 1. The zero-order chi connectivity index (χ0) is 12.9. The lowest BCUT2D eigenvalue weighted by molar-refractivity contribution is 0.125. The Balaban J connectivity index is 2.51. The third-order valence-corrected chi connectivity index (χ3v) is 6.16. The molecule has 0 aliphatic rings. The number of rotatable bonds is 5. The van der Waals surface area contributed by atoms with E-state index in [-0.39, 0.29) is 5.60 Å². The van der Waals surface area contributed by atoms with Crippen molar-refractivity contribution in [3.63, 3.8) is 0 Å². The van der Waals surface area contributed by atoms with Gasteiger partial charge in [-0.15, -0.1) is 0 Å². The van der Waals surface area contributed by atoms with E-state index in [1.54, 1.807) is 0 Å². The molecular formula is C15H26OSi. The van der Waals surface area contributed by atoms with Gasteiger partial charge in [-0.05, 0) is 44.3 Å². The standard InChI is InChI=1S/C15H26OSi/c1-13(2)17(16-15(3,4)5)12-11-14-9-7-6-8-10-14/h6-10,13,17H,11-12H2,1-5H3. The molecule has 0 saturated carbocycles. The van der Waals surface area contributed by atoms with Gasteiger partial charge in [0.1, 0.15) is 0 Å². The summed E-state index contributed by atoms with van der Waals surface area (Å²) in [5, 5.41) is 0. The summed E-state index contributed by atoms with van der Waals surface area (Å²) in [6, 6.07) is 12.0. The number of hydrogen-bond acceptors (Lipinski definition) is 1. The van der Waals surface area contributed by atoms with Crippen molar-refractivity contribution in [2.45, 2.75) is 58.2 Å². The third kappa shape index (κ3) is 6.04. The lowest BCUT2D eigenvalue weighted by Gasteiger charge is -2.29. The molecule has 0 aliphatic heterocycles. The summed E-state index contributed by atoms with van der Waals surface area (Å²) in [4.78, 5) is 0. The Morgan fingerprint density at radius 2 is 1.71 bits per heavy atom. The van der Waals surface area contributed by atoms with E-state index in [0.717, 1.165) is 6.42 Å². The molecule has 0 aromatic heterocycles. The fourth-order valence-electron chi connectivity index (χ4n) is 1.94. The van der Waals surface area contributed by atoms with Gasteiger partial charge >= 0.3 is 0 Å². The molecule has 0 heterocycles. The fourth-order valence-corrected chi connectivity index (χ4v) is 4.52. The van der Waals surface area contributed by atoms with E-state index in [1.165, 1.54) is 11.6 Å². The summed E-state index contributed by atoms with van der Waals surface area (Å²) in [6.45, 7) is 11.1. The van der Waals surface area contributed by atoms with Crippen LogP contribution in [0.2, 0.25) is 11.6 Å². The van der Waals surface area contributed by atoms with Crippen LogP contribution in [0.25, 0.3) is 0 Å². The van der Waals surface area contributed by atoms with Gasteiger partial charge in [0.15, 0.2) is 9.04 Å². The van der Waals surface area contributed by atoms with Crippen molar-refractivity contribution in [3.05, 3.63) is 35.9 Å². The zero-order valence-corrected chi connectivity index (χ0v) is 13.0. The monoisotopic (exact) mass is 250 g/mol. The van der Waals surface area contributed by atoms with Crippen molar-refractivity contribution in [2.75, 3.05) is 0 Å². The average molecular weight is 250 g/mol. The lowest BCUT2D eigenvalue weighted by Crippen LogP contribution is -2.33. The fraction of sp³-hybridized carbons (Fsp3) is 0.600. The number of hydrogen-bond donors (Lipinski definition) is 0. The highest BCUT2D eigenvalue weighted by molar-refractivity contribution is 6.53. The van der Waals surface area contributed by atoms with E-state index in [4.69, 9.17) is 4.43 Å². The molecule has 0 radical (unpaired) electrons. The summed E-state index contributed by atoms with van der Waals surface area (Å²) in [6.07, 6.45) is 1.16. The molecule has 0 saturated heterocycles. The van der Waals surface area contributed by atoms with Crippen LogP contribution in [0.1, 0.15) is 40.2 Å². The second kappa shape index (κ2) is 6.36. The van der Waals surface area contributed by atoms with Gasteiger partial charge in [-0.3, -0.25) is 0 Å². The molecule has 1 nitrogen and oxygen atoms in total. The van der Waals surface area contributed by atoms with Gasteiger partial charge < -0.3 is 4.43 Å². The Kier molecular flexibility index (Phi) is 5.41. The largest absolute Gasteiger partial charge is 0.415 e. The van der Waals surface area contributed by atoms with Crippen LogP contribution in [-0.4, -0.2) is 14.6 Å². The molecule has 2 heteroatoms. The highest BCUT2D eigenvalue weighted by Gasteiger charge is 2.23. The first kappa shape index (κ1) is 14.5. The van der Waals surface area contributed by atoms with Crippen LogP contribution < -0.4 is 0 Å². The summed E-state index contributed by atoms with van der Waals surface area (Å²) >= 11 is 0. The molecular weight excluding hydrogens is 224 g/mol. The van der Waals surface area contributed by atoms with Crippen LogP contribution in [0, 0.1) is 0 Å². The van der Waals surface area contributed by atoms with Crippen LogP contribution in [-0.2, 0) is 10.8 Å². The molecule has 1 aromatic rings. The van der Waals surface area contributed by atoms with E-state index >= 15 is 0 Å². The Morgan fingerprint density at radius 3 is 2.18 bits per heavy atom. The first-order valence-electron chi connectivity index (χ1n) is 6.60. The summed E-state index contributed by atoms with van der Waals surface area (Å²) < 4.78 is 6.26. The van der Waals surface area contributed by atoms with Crippen molar-refractivity contribution in [3.8, 4) is 0 Å². The minimum Gasteiger partial charge on any atom is -0.415 e. The maximum absolute atomic E-state index is 6.26. The molecule has 1 aromatic carbocycles. The highest BCUT2D eigenvalue weighted by atomic mass is 28.3. The average Bonchev–Trinajstić information content (AvgIpc) is 2.24. The van der Waals surface area contributed by atoms with E-state index in [1.807, 2.05) is 0 Å². The van der Waals surface area contributed by atoms with Crippen molar-refractivity contribution < 1.29 is 4.43 Å². The molecule has 0 amide bonds. The van der Waals surface area contributed by atoms with Crippen molar-refractivity contribution in [1.29, 1.82) is 0 Å². The second-order valence-corrected chi connectivity index (χ2v) is 9.26. The van der Waals surface area contributed by atoms with E-state index in [0.29, 0.717) is 5.54 Å². The molecule has 0 aliphatic carbocycles. The Labute approximate surface area is 108 Å². The molecule has 0 N–H and O–H groups in total. The predicted molar refractivity (Wildman–Crippen MR) is 78.0 cm³/mol. The summed E-state index contributed by atoms with van der Waals surface area (Å²) in [7, 11) is -1.10. The van der Waals surface area contributed by atoms with Crippen LogP contribution >= 0.6 is 0 Å². The molecule has 1 rings (SSSR count). The first-order valence-corrected chi connectivity index (χ1v) is 8.55. The topological polar surface area (TPSA) is 9.23 Å². The summed E-state index contributed by atoms with van der Waals surface area (Å²) in [5.74, 6) is 0. The van der Waals surface area contributed by atoms with Crippen molar-refractivity contribution in [1.82, 2.24) is 0 Å². The molecule has 1 atom stereocenters. The van der Waals surface area contributed by atoms with Gasteiger partial charge in [0.05, 0.1) is 0 Å². The van der Waals surface area contributed by atoms with Crippen LogP contribution in [0.15, 0.2) is 30.3 Å². The Hall–Kier alpha value is -0.603.